The summed E-state index contributed by atoms with van der Waals surface area (Å²) in [6, 6.07) is 15.1. The van der Waals surface area contributed by atoms with E-state index in [1.165, 1.54) is 0 Å². The van der Waals surface area contributed by atoms with Crippen LogP contribution in [0.15, 0.2) is 53.5 Å². The lowest BCUT2D eigenvalue weighted by atomic mass is 10.2. The summed E-state index contributed by atoms with van der Waals surface area (Å²) in [4.78, 5) is 4.35. The summed E-state index contributed by atoms with van der Waals surface area (Å²) in [5.74, 6) is 0.821. The normalized spacial score (nSPS) is 10.7. The Labute approximate surface area is 106 Å². The predicted octanol–water partition coefficient (Wildman–Crippen LogP) is 4.10. The van der Waals surface area contributed by atoms with Crippen LogP contribution >= 0.6 is 11.6 Å². The molecule has 0 saturated carbocycles. The van der Waals surface area contributed by atoms with Gasteiger partial charge in [-0.15, -0.1) is 0 Å². The highest BCUT2D eigenvalue weighted by molar-refractivity contribution is 6.33. The van der Waals surface area contributed by atoms with Gasteiger partial charge in [0.25, 0.3) is 0 Å². The summed E-state index contributed by atoms with van der Waals surface area (Å²) in [5, 5.41) is 0.699. The number of halogens is 1. The fraction of sp³-hybridized carbons (Fsp3) is 0.0714. The van der Waals surface area contributed by atoms with Crippen molar-refractivity contribution in [1.29, 1.82) is 0 Å². The SMILES string of the molecule is COc1ccc(N=Cc2ccccc2Cl)cc1. The Morgan fingerprint density at radius 2 is 1.76 bits per heavy atom. The molecule has 2 aromatic rings. The third-order valence-corrected chi connectivity index (χ3v) is 2.67. The maximum Gasteiger partial charge on any atom is 0.119 e. The maximum absolute atomic E-state index is 6.03. The molecule has 0 aromatic heterocycles. The summed E-state index contributed by atoms with van der Waals surface area (Å²) < 4.78 is 5.08. The van der Waals surface area contributed by atoms with Gasteiger partial charge in [-0.1, -0.05) is 29.8 Å². The third kappa shape index (κ3) is 3.08. The molecule has 17 heavy (non-hydrogen) atoms. The van der Waals surface area contributed by atoms with Crippen molar-refractivity contribution in [2.75, 3.05) is 7.11 Å². The first-order valence-corrected chi connectivity index (χ1v) is 5.60. The van der Waals surface area contributed by atoms with Crippen molar-refractivity contribution in [2.45, 2.75) is 0 Å². The Bertz CT molecular complexity index is 520. The van der Waals surface area contributed by atoms with E-state index < -0.39 is 0 Å². The van der Waals surface area contributed by atoms with Crippen molar-refractivity contribution < 1.29 is 4.74 Å². The van der Waals surface area contributed by atoms with Gasteiger partial charge in [0, 0.05) is 16.8 Å². The van der Waals surface area contributed by atoms with Crippen molar-refractivity contribution in [3.05, 3.63) is 59.1 Å². The van der Waals surface area contributed by atoms with Gasteiger partial charge in [0.2, 0.25) is 0 Å². The van der Waals surface area contributed by atoms with Gasteiger partial charge in [-0.05, 0) is 30.3 Å². The molecule has 0 fully saturated rings. The van der Waals surface area contributed by atoms with Crippen LogP contribution in [-0.2, 0) is 0 Å². The number of nitrogens with zero attached hydrogens (tertiary/aromatic N) is 1. The Balaban J connectivity index is 2.17. The molecule has 2 aromatic carbocycles. The standard InChI is InChI=1S/C14H12ClNO/c1-17-13-8-6-12(7-9-13)16-10-11-4-2-3-5-14(11)15/h2-10H,1H3. The van der Waals surface area contributed by atoms with Crippen LogP contribution in [0.5, 0.6) is 5.75 Å². The molecule has 0 unspecified atom stereocenters. The van der Waals surface area contributed by atoms with E-state index in [0.717, 1.165) is 17.0 Å². The van der Waals surface area contributed by atoms with E-state index in [1.807, 2.05) is 48.5 Å². The van der Waals surface area contributed by atoms with E-state index in [4.69, 9.17) is 16.3 Å². The molecule has 0 saturated heterocycles. The Morgan fingerprint density at radius 3 is 2.41 bits per heavy atom. The second kappa shape index (κ2) is 5.51. The van der Waals surface area contributed by atoms with Crippen LogP contribution in [0.4, 0.5) is 5.69 Å². The van der Waals surface area contributed by atoms with Gasteiger partial charge < -0.3 is 4.74 Å². The topological polar surface area (TPSA) is 21.6 Å². The summed E-state index contributed by atoms with van der Waals surface area (Å²) in [6.45, 7) is 0. The Kier molecular flexibility index (Phi) is 3.78. The van der Waals surface area contributed by atoms with E-state index >= 15 is 0 Å². The molecular formula is C14H12ClNO. The lowest BCUT2D eigenvalue weighted by Gasteiger charge is -1.99. The summed E-state index contributed by atoms with van der Waals surface area (Å²) in [6.07, 6.45) is 1.75. The monoisotopic (exact) mass is 245 g/mol. The van der Waals surface area contributed by atoms with Gasteiger partial charge in [0.05, 0.1) is 12.8 Å². The van der Waals surface area contributed by atoms with E-state index in [-0.39, 0.29) is 0 Å². The second-order valence-electron chi connectivity index (χ2n) is 3.48. The van der Waals surface area contributed by atoms with Gasteiger partial charge in [-0.2, -0.15) is 0 Å². The average molecular weight is 246 g/mol. The van der Waals surface area contributed by atoms with E-state index in [1.54, 1.807) is 13.3 Å². The number of ether oxygens (including phenoxy) is 1. The molecule has 0 aliphatic heterocycles. The van der Waals surface area contributed by atoms with E-state index in [0.29, 0.717) is 5.02 Å². The number of aliphatic imine (C=N–C) groups is 1. The average Bonchev–Trinajstić information content (AvgIpc) is 2.38. The predicted molar refractivity (Wildman–Crippen MR) is 71.7 cm³/mol. The van der Waals surface area contributed by atoms with Gasteiger partial charge in [-0.25, -0.2) is 0 Å². The lowest BCUT2D eigenvalue weighted by molar-refractivity contribution is 0.415. The van der Waals surface area contributed by atoms with Crippen LogP contribution in [0, 0.1) is 0 Å². The number of rotatable bonds is 3. The molecule has 86 valence electrons. The molecule has 0 radical (unpaired) electrons. The maximum atomic E-state index is 6.03. The molecular weight excluding hydrogens is 234 g/mol. The number of hydrogen-bond acceptors (Lipinski definition) is 2. The first-order valence-electron chi connectivity index (χ1n) is 5.22. The third-order valence-electron chi connectivity index (χ3n) is 2.33. The molecule has 0 N–H and O–H groups in total. The number of benzene rings is 2. The van der Waals surface area contributed by atoms with Crippen LogP contribution in [-0.4, -0.2) is 13.3 Å². The molecule has 2 rings (SSSR count). The molecule has 0 aliphatic rings. The van der Waals surface area contributed by atoms with E-state index in [9.17, 15) is 0 Å². The highest BCUT2D eigenvalue weighted by Crippen LogP contribution is 2.18. The van der Waals surface area contributed by atoms with Crippen molar-refractivity contribution in [3.63, 3.8) is 0 Å². The van der Waals surface area contributed by atoms with Gasteiger partial charge in [0.15, 0.2) is 0 Å². The first kappa shape index (κ1) is 11.7. The zero-order valence-electron chi connectivity index (χ0n) is 9.43. The minimum Gasteiger partial charge on any atom is -0.497 e. The summed E-state index contributed by atoms with van der Waals surface area (Å²) >= 11 is 6.03. The Hall–Kier alpha value is -1.80. The summed E-state index contributed by atoms with van der Waals surface area (Å²) in [7, 11) is 1.64. The molecule has 3 heteroatoms. The van der Waals surface area contributed by atoms with Crippen molar-refractivity contribution in [2.24, 2.45) is 4.99 Å². The largest absolute Gasteiger partial charge is 0.497 e. The van der Waals surface area contributed by atoms with Crippen molar-refractivity contribution >= 4 is 23.5 Å². The van der Waals surface area contributed by atoms with Crippen LogP contribution < -0.4 is 4.74 Å². The van der Waals surface area contributed by atoms with Crippen LogP contribution in [0.1, 0.15) is 5.56 Å². The fourth-order valence-corrected chi connectivity index (χ4v) is 1.58. The zero-order valence-corrected chi connectivity index (χ0v) is 10.2. The molecule has 0 bridgehead atoms. The van der Waals surface area contributed by atoms with Crippen molar-refractivity contribution in [1.82, 2.24) is 0 Å². The molecule has 0 atom stereocenters. The van der Waals surface area contributed by atoms with Gasteiger partial charge >= 0.3 is 0 Å². The highest BCUT2D eigenvalue weighted by atomic mass is 35.5. The minimum atomic E-state index is 0.699. The smallest absolute Gasteiger partial charge is 0.119 e. The minimum absolute atomic E-state index is 0.699. The molecule has 0 spiro atoms. The zero-order chi connectivity index (χ0) is 12.1. The van der Waals surface area contributed by atoms with Crippen LogP contribution in [0.3, 0.4) is 0 Å². The quantitative estimate of drug-likeness (QED) is 0.746. The lowest BCUT2D eigenvalue weighted by Crippen LogP contribution is -1.82. The Morgan fingerprint density at radius 1 is 1.06 bits per heavy atom. The van der Waals surface area contributed by atoms with Crippen LogP contribution in [0.25, 0.3) is 0 Å². The van der Waals surface area contributed by atoms with Gasteiger partial charge in [0.1, 0.15) is 5.75 Å². The molecule has 0 aliphatic carbocycles. The molecule has 0 amide bonds. The first-order chi connectivity index (χ1) is 8.29. The highest BCUT2D eigenvalue weighted by Gasteiger charge is 1.95. The van der Waals surface area contributed by atoms with Crippen LogP contribution in [0.2, 0.25) is 5.02 Å². The molecule has 2 nitrogen and oxygen atoms in total. The summed E-state index contributed by atoms with van der Waals surface area (Å²) in [5.41, 5.74) is 1.77. The van der Waals surface area contributed by atoms with E-state index in [2.05, 4.69) is 4.99 Å². The van der Waals surface area contributed by atoms with Gasteiger partial charge in [-0.3, -0.25) is 4.99 Å². The number of methoxy groups -OCH3 is 1. The second-order valence-corrected chi connectivity index (χ2v) is 3.88. The van der Waals surface area contributed by atoms with Crippen molar-refractivity contribution in [3.8, 4) is 5.75 Å². The molecule has 0 heterocycles. The number of hydrogen-bond donors (Lipinski definition) is 0. The fourth-order valence-electron chi connectivity index (χ4n) is 1.39.